The molecule has 0 aliphatic carbocycles. The van der Waals surface area contributed by atoms with Crippen LogP contribution in [0.5, 0.6) is 0 Å². The van der Waals surface area contributed by atoms with Gasteiger partial charge in [0.05, 0.1) is 0 Å². The van der Waals surface area contributed by atoms with Crippen LogP contribution in [0.15, 0.2) is 22.7 Å². The number of rotatable bonds is 4. The average Bonchev–Trinajstić information content (AvgIpc) is 2.46. The van der Waals surface area contributed by atoms with Gasteiger partial charge in [-0.05, 0) is 41.1 Å². The number of Topliss-reactive ketones (excluding diaryl/α,β-unsaturated/α-hetero) is 1. The molecule has 0 saturated carbocycles. The molecule has 0 bridgehead atoms. The molecule has 7 heteroatoms. The first kappa shape index (κ1) is 16.8. The molecule has 21 heavy (non-hydrogen) atoms. The Kier molecular flexibility index (Phi) is 5.38. The minimum Gasteiger partial charge on any atom is -0.353 e. The number of hydrogen-bond donors (Lipinski definition) is 0. The van der Waals surface area contributed by atoms with Gasteiger partial charge in [-0.15, -0.1) is 0 Å². The summed E-state index contributed by atoms with van der Waals surface area (Å²) in [5.74, 6) is 1.62. The second-order valence-corrected chi connectivity index (χ2v) is 9.35. The minimum atomic E-state index is -3.14. The summed E-state index contributed by atoms with van der Waals surface area (Å²) in [5, 5.41) is -0.490. The molecule has 1 aromatic rings. The first-order chi connectivity index (χ1) is 9.86. The summed E-state index contributed by atoms with van der Waals surface area (Å²) in [5.41, 5.74) is 1.45. The number of anilines is 1. The molecular weight excluding hydrogens is 374 g/mol. The van der Waals surface area contributed by atoms with Crippen LogP contribution in [-0.4, -0.2) is 43.4 Å². The van der Waals surface area contributed by atoms with Crippen molar-refractivity contribution in [3.05, 3.63) is 28.2 Å². The Morgan fingerprint density at radius 1 is 1.48 bits per heavy atom. The molecule has 0 aromatic heterocycles. The Morgan fingerprint density at radius 2 is 2.19 bits per heavy atom. The Bertz CT molecular complexity index is 646. The highest BCUT2D eigenvalue weighted by Gasteiger charge is 2.33. The predicted molar refractivity (Wildman–Crippen MR) is 92.1 cm³/mol. The Balaban J connectivity index is 2.38. The number of sulfone groups is 1. The molecule has 1 aromatic carbocycles. The quantitative estimate of drug-likeness (QED) is 0.738. The summed E-state index contributed by atoms with van der Waals surface area (Å²) in [7, 11) is -3.14. The van der Waals surface area contributed by atoms with Crippen LogP contribution in [0.1, 0.15) is 24.2 Å². The van der Waals surface area contributed by atoms with Crippen molar-refractivity contribution in [2.45, 2.75) is 19.2 Å². The van der Waals surface area contributed by atoms with Crippen LogP contribution in [0.25, 0.3) is 0 Å². The summed E-state index contributed by atoms with van der Waals surface area (Å²) in [6, 6.07) is 5.42. The smallest absolute Gasteiger partial charge is 0.171 e. The number of ketones is 1. The van der Waals surface area contributed by atoms with Crippen molar-refractivity contribution in [2.75, 3.05) is 28.7 Å². The van der Waals surface area contributed by atoms with Gasteiger partial charge in [-0.3, -0.25) is 4.79 Å². The topological polar surface area (TPSA) is 54.5 Å². The summed E-state index contributed by atoms with van der Waals surface area (Å²) in [4.78, 5) is 13.4. The fraction of sp³-hybridized carbons (Fsp3) is 0.500. The highest BCUT2D eigenvalue weighted by atomic mass is 79.9. The fourth-order valence-corrected chi connectivity index (χ4v) is 5.97. The van der Waals surface area contributed by atoms with Gasteiger partial charge in [0.1, 0.15) is 5.37 Å². The molecule has 1 aliphatic heterocycles. The van der Waals surface area contributed by atoms with E-state index in [1.807, 2.05) is 17.0 Å². The van der Waals surface area contributed by atoms with Gasteiger partial charge in [-0.25, -0.2) is 8.42 Å². The molecule has 1 saturated heterocycles. The van der Waals surface area contributed by atoms with Crippen molar-refractivity contribution in [2.24, 2.45) is 0 Å². The van der Waals surface area contributed by atoms with Crippen molar-refractivity contribution < 1.29 is 13.2 Å². The van der Waals surface area contributed by atoms with E-state index in [2.05, 4.69) is 15.9 Å². The number of carbonyl (C=O) groups excluding carboxylic acids is 1. The maximum Gasteiger partial charge on any atom is 0.171 e. The summed E-state index contributed by atoms with van der Waals surface area (Å²) >= 11 is 5.07. The van der Waals surface area contributed by atoms with E-state index in [9.17, 15) is 13.2 Å². The van der Waals surface area contributed by atoms with Gasteiger partial charge in [0.15, 0.2) is 15.6 Å². The van der Waals surface area contributed by atoms with Crippen LogP contribution < -0.4 is 4.90 Å². The molecule has 116 valence electrons. The second-order valence-electron chi connectivity index (χ2n) is 4.89. The second kappa shape index (κ2) is 6.71. The number of thioether (sulfide) groups is 1. The lowest BCUT2D eigenvalue weighted by Gasteiger charge is -2.36. The Labute approximate surface area is 138 Å². The summed E-state index contributed by atoms with van der Waals surface area (Å²) in [6.07, 6.45) is 0. The number of hydrogen-bond acceptors (Lipinski definition) is 5. The Hall–Kier alpha value is -0.530. The van der Waals surface area contributed by atoms with Crippen LogP contribution in [-0.2, 0) is 9.84 Å². The molecule has 0 spiro atoms. The van der Waals surface area contributed by atoms with Crippen LogP contribution in [0.4, 0.5) is 5.69 Å². The minimum absolute atomic E-state index is 0.0136. The zero-order valence-corrected chi connectivity index (χ0v) is 15.2. The van der Waals surface area contributed by atoms with Crippen LogP contribution in [0.2, 0.25) is 0 Å². The molecular formula is C14H18BrNO3S2. The Morgan fingerprint density at radius 3 is 2.76 bits per heavy atom. The predicted octanol–water partition coefficient (Wildman–Crippen LogP) is 2.97. The molecule has 0 radical (unpaired) electrons. The van der Waals surface area contributed by atoms with Gasteiger partial charge >= 0.3 is 0 Å². The van der Waals surface area contributed by atoms with Gasteiger partial charge in [-0.1, -0.05) is 6.92 Å². The molecule has 1 aliphatic rings. The highest BCUT2D eigenvalue weighted by molar-refractivity contribution is 9.10. The number of benzene rings is 1. The van der Waals surface area contributed by atoms with E-state index in [1.54, 1.807) is 24.8 Å². The SMILES string of the molecule is CCS(=O)(=O)C1CSCCN1c1ccc(C(C)=O)c(Br)c1. The summed E-state index contributed by atoms with van der Waals surface area (Å²) < 4.78 is 25.3. The average molecular weight is 392 g/mol. The monoisotopic (exact) mass is 391 g/mol. The first-order valence-electron chi connectivity index (χ1n) is 6.73. The van der Waals surface area contributed by atoms with Gasteiger partial charge in [-0.2, -0.15) is 11.8 Å². The van der Waals surface area contributed by atoms with E-state index >= 15 is 0 Å². The van der Waals surface area contributed by atoms with Gasteiger partial charge in [0.2, 0.25) is 0 Å². The molecule has 1 fully saturated rings. The first-order valence-corrected chi connectivity index (χ1v) is 10.4. The molecule has 1 heterocycles. The highest BCUT2D eigenvalue weighted by Crippen LogP contribution is 2.30. The van der Waals surface area contributed by atoms with E-state index in [0.717, 1.165) is 11.4 Å². The lowest BCUT2D eigenvalue weighted by molar-refractivity contribution is 0.101. The number of carbonyl (C=O) groups is 1. The van der Waals surface area contributed by atoms with E-state index in [-0.39, 0.29) is 11.5 Å². The third-order valence-corrected chi connectivity index (χ3v) is 7.51. The maximum absolute atomic E-state index is 12.3. The molecule has 2 rings (SSSR count). The maximum atomic E-state index is 12.3. The standard InChI is InChI=1S/C14H18BrNO3S2/c1-3-21(18,19)14-9-20-7-6-16(14)11-4-5-12(10(2)17)13(15)8-11/h4-5,8,14H,3,6-7,9H2,1-2H3. The molecule has 0 amide bonds. The zero-order valence-electron chi connectivity index (χ0n) is 12.0. The molecule has 0 N–H and O–H groups in total. The van der Waals surface area contributed by atoms with Crippen LogP contribution >= 0.6 is 27.7 Å². The largest absolute Gasteiger partial charge is 0.353 e. The van der Waals surface area contributed by atoms with Gasteiger partial charge in [0, 0.05) is 39.5 Å². The fourth-order valence-electron chi connectivity index (χ4n) is 2.33. The van der Waals surface area contributed by atoms with Crippen molar-refractivity contribution in [1.82, 2.24) is 0 Å². The zero-order chi connectivity index (χ0) is 15.6. The van der Waals surface area contributed by atoms with Crippen molar-refractivity contribution in [1.29, 1.82) is 0 Å². The third-order valence-electron chi connectivity index (χ3n) is 3.57. The van der Waals surface area contributed by atoms with Crippen molar-refractivity contribution in [3.63, 3.8) is 0 Å². The van der Waals surface area contributed by atoms with E-state index in [0.29, 0.717) is 22.3 Å². The van der Waals surface area contributed by atoms with Gasteiger partial charge < -0.3 is 4.90 Å². The van der Waals surface area contributed by atoms with E-state index in [1.165, 1.54) is 6.92 Å². The summed E-state index contributed by atoms with van der Waals surface area (Å²) in [6.45, 7) is 3.89. The van der Waals surface area contributed by atoms with E-state index < -0.39 is 15.2 Å². The molecule has 4 nitrogen and oxygen atoms in total. The lowest BCUT2D eigenvalue weighted by atomic mass is 10.1. The van der Waals surface area contributed by atoms with Crippen molar-refractivity contribution in [3.8, 4) is 0 Å². The lowest BCUT2D eigenvalue weighted by Crippen LogP contribution is -2.48. The number of halogens is 1. The van der Waals surface area contributed by atoms with Gasteiger partial charge in [0.25, 0.3) is 0 Å². The molecule has 1 atom stereocenters. The van der Waals surface area contributed by atoms with Crippen LogP contribution in [0.3, 0.4) is 0 Å². The normalized spacial score (nSPS) is 19.6. The van der Waals surface area contributed by atoms with E-state index in [4.69, 9.17) is 0 Å². The number of nitrogens with zero attached hydrogens (tertiary/aromatic N) is 1. The van der Waals surface area contributed by atoms with Crippen LogP contribution in [0, 0.1) is 0 Å². The third kappa shape index (κ3) is 3.63. The molecule has 1 unspecified atom stereocenters. The van der Waals surface area contributed by atoms with Crippen molar-refractivity contribution >= 4 is 49.0 Å².